The van der Waals surface area contributed by atoms with E-state index in [0.717, 1.165) is 0 Å². The lowest BCUT2D eigenvalue weighted by molar-refractivity contribution is 1.14. The van der Waals surface area contributed by atoms with Crippen molar-refractivity contribution < 1.29 is 5.48 Å². The molecule has 0 aromatic heterocycles. The minimum absolute atomic E-state index is 0.296. The molecule has 0 saturated heterocycles. The summed E-state index contributed by atoms with van der Waals surface area (Å²) in [7, 11) is 0. The quantitative estimate of drug-likeness (QED) is 0.660. The summed E-state index contributed by atoms with van der Waals surface area (Å²) in [6.07, 6.45) is 0. The van der Waals surface area contributed by atoms with Crippen molar-refractivity contribution >= 4 is 23.2 Å². The van der Waals surface area contributed by atoms with Gasteiger partial charge < -0.3 is 0 Å². The topological polar surface area (TPSA) is 0 Å². The maximum Gasteiger partial charge on any atom is 0.0486 e. The SMILES string of the molecule is [2H]C([2H])(Cl)c1c(C)cc(C)c(C([2H])([2H])Cl)c1C. The number of hydrogen-bond donors (Lipinski definition) is 0. The van der Waals surface area contributed by atoms with Crippen LogP contribution in [0.5, 0.6) is 0 Å². The van der Waals surface area contributed by atoms with E-state index in [4.69, 9.17) is 28.7 Å². The van der Waals surface area contributed by atoms with Crippen LogP contribution in [-0.4, -0.2) is 0 Å². The fraction of sp³-hybridized carbons (Fsp3) is 0.455. The standard InChI is InChI=1S/C11H14Cl2/c1-7-4-8(2)11(6-13)9(3)10(7)5-12/h4H,5-6H2,1-3H3/i5D2,6D2. The first-order valence-corrected chi connectivity index (χ1v) is 4.71. The highest BCUT2D eigenvalue weighted by atomic mass is 35.5. The third-order valence-electron chi connectivity index (χ3n) is 2.16. The summed E-state index contributed by atoms with van der Waals surface area (Å²) in [4.78, 5) is 0. The molecule has 0 aliphatic carbocycles. The minimum atomic E-state index is -2.03. The normalized spacial score (nSPS) is 17.3. The van der Waals surface area contributed by atoms with Crippen molar-refractivity contribution in [3.05, 3.63) is 33.9 Å². The molecular weight excluding hydrogens is 203 g/mol. The molecule has 1 aromatic rings. The van der Waals surface area contributed by atoms with Gasteiger partial charge in [-0.25, -0.2) is 0 Å². The molecule has 2 heteroatoms. The van der Waals surface area contributed by atoms with E-state index in [2.05, 4.69) is 0 Å². The van der Waals surface area contributed by atoms with Crippen LogP contribution in [-0.2, 0) is 11.7 Å². The first kappa shape index (κ1) is 6.31. The lowest BCUT2D eigenvalue weighted by Crippen LogP contribution is -1.98. The molecule has 0 unspecified atom stereocenters. The summed E-state index contributed by atoms with van der Waals surface area (Å²) < 4.78 is 30.4. The van der Waals surface area contributed by atoms with E-state index in [1.54, 1.807) is 26.8 Å². The molecule has 0 atom stereocenters. The smallest absolute Gasteiger partial charge is 0.0486 e. The van der Waals surface area contributed by atoms with Crippen LogP contribution in [0.1, 0.15) is 33.3 Å². The van der Waals surface area contributed by atoms with Gasteiger partial charge in [0, 0.05) is 17.1 Å². The second-order valence-corrected chi connectivity index (χ2v) is 3.45. The third kappa shape index (κ3) is 2.00. The highest BCUT2D eigenvalue weighted by molar-refractivity contribution is 6.18. The molecule has 0 aliphatic rings. The Labute approximate surface area is 95.5 Å². The van der Waals surface area contributed by atoms with Gasteiger partial charge in [0.1, 0.15) is 0 Å². The Hall–Kier alpha value is -0.200. The highest BCUT2D eigenvalue weighted by Crippen LogP contribution is 2.24. The highest BCUT2D eigenvalue weighted by Gasteiger charge is 2.08. The first-order chi connectivity index (χ1) is 7.46. The molecule has 0 fully saturated rings. The Bertz CT molecular complexity index is 406. The number of alkyl halides is 2. The Morgan fingerprint density at radius 1 is 1.08 bits per heavy atom. The predicted molar refractivity (Wildman–Crippen MR) is 59.8 cm³/mol. The summed E-state index contributed by atoms with van der Waals surface area (Å²) in [6, 6.07) is 1.71. The number of benzene rings is 1. The van der Waals surface area contributed by atoms with Crippen molar-refractivity contribution in [2.24, 2.45) is 0 Å². The molecule has 0 nitrogen and oxygen atoms in total. The Morgan fingerprint density at radius 2 is 1.46 bits per heavy atom. The van der Waals surface area contributed by atoms with Gasteiger partial charge in [-0.2, -0.15) is 0 Å². The van der Waals surface area contributed by atoms with Crippen molar-refractivity contribution in [1.29, 1.82) is 0 Å². The fourth-order valence-electron chi connectivity index (χ4n) is 1.48. The van der Waals surface area contributed by atoms with Crippen LogP contribution in [0.25, 0.3) is 0 Å². The Morgan fingerprint density at radius 3 is 1.77 bits per heavy atom. The van der Waals surface area contributed by atoms with Crippen LogP contribution in [0.2, 0.25) is 0 Å². The number of halogens is 2. The van der Waals surface area contributed by atoms with Gasteiger partial charge in [-0.3, -0.25) is 0 Å². The van der Waals surface area contributed by atoms with Gasteiger partial charge in [0.15, 0.2) is 0 Å². The summed E-state index contributed by atoms with van der Waals surface area (Å²) in [5.41, 5.74) is 2.46. The van der Waals surface area contributed by atoms with E-state index in [1.165, 1.54) is 0 Å². The molecular formula is C11H14Cl2. The maximum atomic E-state index is 7.59. The zero-order chi connectivity index (χ0) is 13.6. The van der Waals surface area contributed by atoms with Gasteiger partial charge in [0.25, 0.3) is 0 Å². The minimum Gasteiger partial charge on any atom is -0.122 e. The molecule has 1 rings (SSSR count). The van der Waals surface area contributed by atoms with Gasteiger partial charge in [-0.15, -0.1) is 23.2 Å². The van der Waals surface area contributed by atoms with Crippen molar-refractivity contribution in [2.45, 2.75) is 32.4 Å². The van der Waals surface area contributed by atoms with Crippen molar-refractivity contribution in [3.63, 3.8) is 0 Å². The van der Waals surface area contributed by atoms with Crippen molar-refractivity contribution in [1.82, 2.24) is 0 Å². The van der Waals surface area contributed by atoms with Crippen molar-refractivity contribution in [2.75, 3.05) is 0 Å². The molecule has 0 heterocycles. The van der Waals surface area contributed by atoms with Crippen molar-refractivity contribution in [3.8, 4) is 0 Å². The molecule has 1 aromatic carbocycles. The van der Waals surface area contributed by atoms with E-state index in [0.29, 0.717) is 27.8 Å². The molecule has 13 heavy (non-hydrogen) atoms. The zero-order valence-corrected chi connectivity index (χ0v) is 9.35. The molecule has 0 aliphatic heterocycles. The van der Waals surface area contributed by atoms with Gasteiger partial charge in [0.2, 0.25) is 0 Å². The van der Waals surface area contributed by atoms with Crippen LogP contribution in [0.3, 0.4) is 0 Å². The monoisotopic (exact) mass is 220 g/mol. The largest absolute Gasteiger partial charge is 0.122 e. The van der Waals surface area contributed by atoms with Gasteiger partial charge in [-0.05, 0) is 48.6 Å². The summed E-state index contributed by atoms with van der Waals surface area (Å²) in [5.74, 6) is -4.06. The average molecular weight is 221 g/mol. The second kappa shape index (κ2) is 4.34. The molecule has 72 valence electrons. The molecule has 0 N–H and O–H groups in total. The van der Waals surface area contributed by atoms with Gasteiger partial charge >= 0.3 is 0 Å². The fourth-order valence-corrected chi connectivity index (χ4v) is 2.06. The Kier molecular flexibility index (Phi) is 2.11. The average Bonchev–Trinajstić information content (AvgIpc) is 1.94. The lowest BCUT2D eigenvalue weighted by Gasteiger charge is -2.13. The summed E-state index contributed by atoms with van der Waals surface area (Å²) >= 11 is 11.4. The van der Waals surface area contributed by atoms with Crippen LogP contribution in [0.4, 0.5) is 0 Å². The van der Waals surface area contributed by atoms with Crippen LogP contribution in [0.15, 0.2) is 6.07 Å². The van der Waals surface area contributed by atoms with E-state index in [1.807, 2.05) is 0 Å². The number of aryl methyl sites for hydroxylation is 2. The third-order valence-corrected chi connectivity index (χ3v) is 2.54. The van der Waals surface area contributed by atoms with Gasteiger partial charge in [-0.1, -0.05) is 6.07 Å². The number of hydrogen-bond acceptors (Lipinski definition) is 0. The Balaban J connectivity index is 3.67. The van der Waals surface area contributed by atoms with E-state index < -0.39 is 11.7 Å². The zero-order valence-electron chi connectivity index (χ0n) is 11.8. The molecule has 0 bridgehead atoms. The predicted octanol–water partition coefficient (Wildman–Crippen LogP) is 4.09. The van der Waals surface area contributed by atoms with E-state index >= 15 is 0 Å². The molecule has 0 radical (unpaired) electrons. The van der Waals surface area contributed by atoms with Crippen LogP contribution in [0, 0.1) is 20.8 Å². The molecule has 0 spiro atoms. The van der Waals surface area contributed by atoms with E-state index in [9.17, 15) is 0 Å². The lowest BCUT2D eigenvalue weighted by atomic mass is 9.95. The first-order valence-electron chi connectivity index (χ1n) is 5.96. The van der Waals surface area contributed by atoms with Crippen LogP contribution >= 0.6 is 23.2 Å². The van der Waals surface area contributed by atoms with E-state index in [-0.39, 0.29) is 0 Å². The number of rotatable bonds is 2. The van der Waals surface area contributed by atoms with Gasteiger partial charge in [0.05, 0.1) is 0 Å². The summed E-state index contributed by atoms with van der Waals surface area (Å²) in [5, 5.41) is 0. The molecule has 0 saturated carbocycles. The molecule has 0 amide bonds. The van der Waals surface area contributed by atoms with Crippen LogP contribution < -0.4 is 0 Å². The second-order valence-electron chi connectivity index (χ2n) is 3.07. The maximum absolute atomic E-state index is 7.59. The summed E-state index contributed by atoms with van der Waals surface area (Å²) in [6.45, 7) is 5.15.